The predicted molar refractivity (Wildman–Crippen MR) is 122 cm³/mol. The van der Waals surface area contributed by atoms with E-state index in [1.807, 2.05) is 6.92 Å². The number of ether oxygens (including phenoxy) is 2. The van der Waals surface area contributed by atoms with E-state index < -0.39 is 32.1 Å². The number of sulfone groups is 1. The van der Waals surface area contributed by atoms with Gasteiger partial charge in [0, 0.05) is 6.42 Å². The van der Waals surface area contributed by atoms with Gasteiger partial charge in [-0.3, -0.25) is 9.36 Å². The van der Waals surface area contributed by atoms with Crippen molar-refractivity contribution in [1.82, 2.24) is 9.55 Å². The molecule has 3 aromatic rings. The van der Waals surface area contributed by atoms with Crippen LogP contribution < -0.4 is 15.0 Å². The highest BCUT2D eigenvalue weighted by atomic mass is 32.2. The van der Waals surface area contributed by atoms with Gasteiger partial charge in [-0.05, 0) is 42.8 Å². The SMILES string of the molecule is CCCCc1nc(=O)c(S(=O)(=O)c2ccc(C(=O)O)cc2)c(O)n1-c1c(OC)cccc1OC. The Kier molecular flexibility index (Phi) is 7.26. The summed E-state index contributed by atoms with van der Waals surface area (Å²) < 4.78 is 38.7. The number of methoxy groups -OCH3 is 2. The fraction of sp³-hybridized carbons (Fsp3) is 0.261. The van der Waals surface area contributed by atoms with Gasteiger partial charge in [-0.25, -0.2) is 13.2 Å². The highest BCUT2D eigenvalue weighted by Crippen LogP contribution is 2.38. The molecule has 3 rings (SSSR count). The van der Waals surface area contributed by atoms with E-state index in [2.05, 4.69) is 4.98 Å². The van der Waals surface area contributed by atoms with Gasteiger partial charge >= 0.3 is 5.97 Å². The molecule has 0 amide bonds. The first-order valence-corrected chi connectivity index (χ1v) is 11.8. The van der Waals surface area contributed by atoms with Crippen LogP contribution in [0.25, 0.3) is 5.69 Å². The molecular formula is C23H24N2O8S. The Labute approximate surface area is 196 Å². The monoisotopic (exact) mass is 488 g/mol. The normalized spacial score (nSPS) is 11.3. The summed E-state index contributed by atoms with van der Waals surface area (Å²) in [5.74, 6) is -1.44. The second kappa shape index (κ2) is 9.96. The number of rotatable bonds is 9. The number of aromatic carboxylic acids is 1. The average molecular weight is 489 g/mol. The third-order valence-electron chi connectivity index (χ3n) is 5.16. The topological polar surface area (TPSA) is 145 Å². The lowest BCUT2D eigenvalue weighted by atomic mass is 10.2. The number of para-hydroxylation sites is 1. The van der Waals surface area contributed by atoms with Gasteiger partial charge < -0.3 is 19.7 Å². The molecule has 0 unspecified atom stereocenters. The molecule has 0 radical (unpaired) electrons. The number of unbranched alkanes of at least 4 members (excludes halogenated alkanes) is 1. The highest BCUT2D eigenvalue weighted by molar-refractivity contribution is 7.91. The van der Waals surface area contributed by atoms with Gasteiger partial charge in [0.2, 0.25) is 15.7 Å². The maximum Gasteiger partial charge on any atom is 0.335 e. The van der Waals surface area contributed by atoms with Crippen molar-refractivity contribution in [2.75, 3.05) is 14.2 Å². The molecule has 0 aliphatic carbocycles. The van der Waals surface area contributed by atoms with Gasteiger partial charge in [0.1, 0.15) is 23.0 Å². The minimum absolute atomic E-state index is 0.132. The molecule has 0 fully saturated rings. The fourth-order valence-electron chi connectivity index (χ4n) is 3.46. The first kappa shape index (κ1) is 24.8. The average Bonchev–Trinajstić information content (AvgIpc) is 2.82. The van der Waals surface area contributed by atoms with E-state index in [-0.39, 0.29) is 39.9 Å². The van der Waals surface area contributed by atoms with Crippen LogP contribution in [0.1, 0.15) is 35.9 Å². The summed E-state index contributed by atoms with van der Waals surface area (Å²) in [5.41, 5.74) is -1.08. The van der Waals surface area contributed by atoms with Crippen LogP contribution in [0.2, 0.25) is 0 Å². The van der Waals surface area contributed by atoms with Crippen molar-refractivity contribution in [3.05, 3.63) is 64.2 Å². The molecule has 2 aromatic carbocycles. The molecule has 0 saturated heterocycles. The van der Waals surface area contributed by atoms with Gasteiger partial charge in [0.15, 0.2) is 4.90 Å². The van der Waals surface area contributed by atoms with E-state index in [9.17, 15) is 23.1 Å². The van der Waals surface area contributed by atoms with Gasteiger partial charge in [-0.1, -0.05) is 19.4 Å². The Morgan fingerprint density at radius 2 is 1.65 bits per heavy atom. The van der Waals surface area contributed by atoms with Crippen molar-refractivity contribution >= 4 is 15.8 Å². The Bertz CT molecular complexity index is 1360. The lowest BCUT2D eigenvalue weighted by Gasteiger charge is -2.21. The van der Waals surface area contributed by atoms with Crippen molar-refractivity contribution in [2.45, 2.75) is 36.0 Å². The number of aromatic nitrogens is 2. The predicted octanol–water partition coefficient (Wildman–Crippen LogP) is 2.83. The Morgan fingerprint density at radius 1 is 1.06 bits per heavy atom. The third-order valence-corrected chi connectivity index (χ3v) is 6.94. The van der Waals surface area contributed by atoms with Crippen LogP contribution in [0.15, 0.2) is 57.1 Å². The molecule has 0 atom stereocenters. The zero-order chi connectivity index (χ0) is 25.0. The number of carbonyl (C=O) groups is 1. The number of aryl methyl sites for hydroxylation is 1. The van der Waals surface area contributed by atoms with Crippen LogP contribution in [0.3, 0.4) is 0 Å². The zero-order valence-electron chi connectivity index (χ0n) is 18.8. The van der Waals surface area contributed by atoms with Crippen molar-refractivity contribution in [1.29, 1.82) is 0 Å². The molecule has 0 spiro atoms. The minimum atomic E-state index is -4.57. The molecule has 0 aliphatic rings. The lowest BCUT2D eigenvalue weighted by molar-refractivity contribution is 0.0696. The largest absolute Gasteiger partial charge is 0.494 e. The second-order valence-corrected chi connectivity index (χ2v) is 9.16. The first-order valence-electron chi connectivity index (χ1n) is 10.3. The van der Waals surface area contributed by atoms with Crippen molar-refractivity contribution < 1.29 is 32.9 Å². The number of carboxylic acid groups (broad SMARTS) is 1. The first-order chi connectivity index (χ1) is 16.2. The summed E-state index contributed by atoms with van der Waals surface area (Å²) >= 11 is 0. The maximum absolute atomic E-state index is 13.4. The summed E-state index contributed by atoms with van der Waals surface area (Å²) in [6.07, 6.45) is 1.65. The van der Waals surface area contributed by atoms with E-state index in [0.29, 0.717) is 6.42 Å². The standard InChI is InChI=1S/C23H24N2O8S/c1-4-5-9-18-24-21(26)20(34(30,31)15-12-10-14(11-13-15)23(28)29)22(27)25(18)19-16(32-2)7-6-8-17(19)33-3/h6-8,10-13,27H,4-5,9H2,1-3H3,(H,28,29). The summed E-state index contributed by atoms with van der Waals surface area (Å²) in [4.78, 5) is 26.7. The van der Waals surface area contributed by atoms with E-state index in [1.54, 1.807) is 18.2 Å². The molecule has 34 heavy (non-hydrogen) atoms. The molecule has 10 nitrogen and oxygen atoms in total. The Morgan fingerprint density at radius 3 is 2.15 bits per heavy atom. The van der Waals surface area contributed by atoms with Crippen LogP contribution in [0.5, 0.6) is 17.4 Å². The van der Waals surface area contributed by atoms with Crippen LogP contribution in [0.4, 0.5) is 0 Å². The van der Waals surface area contributed by atoms with E-state index >= 15 is 0 Å². The summed E-state index contributed by atoms with van der Waals surface area (Å²) in [6.45, 7) is 1.94. The molecule has 1 heterocycles. The Balaban J connectivity index is 2.36. The van der Waals surface area contributed by atoms with Crippen molar-refractivity contribution in [3.8, 4) is 23.1 Å². The lowest BCUT2D eigenvalue weighted by Crippen LogP contribution is -2.25. The van der Waals surface area contributed by atoms with Crippen LogP contribution in [-0.4, -0.2) is 48.4 Å². The summed E-state index contributed by atoms with van der Waals surface area (Å²) in [5, 5.41) is 20.3. The van der Waals surface area contributed by atoms with E-state index in [0.717, 1.165) is 35.3 Å². The highest BCUT2D eigenvalue weighted by Gasteiger charge is 2.31. The second-order valence-electron chi connectivity index (χ2n) is 7.27. The molecule has 0 bridgehead atoms. The number of nitrogens with zero attached hydrogens (tertiary/aromatic N) is 2. The fourth-order valence-corrected chi connectivity index (χ4v) is 4.79. The number of aromatic hydroxyl groups is 1. The molecular weight excluding hydrogens is 464 g/mol. The minimum Gasteiger partial charge on any atom is -0.494 e. The van der Waals surface area contributed by atoms with Crippen molar-refractivity contribution in [3.63, 3.8) is 0 Å². The van der Waals surface area contributed by atoms with E-state index in [4.69, 9.17) is 14.6 Å². The van der Waals surface area contributed by atoms with Gasteiger partial charge in [-0.2, -0.15) is 4.98 Å². The summed E-state index contributed by atoms with van der Waals surface area (Å²) in [7, 11) is -1.77. The molecule has 11 heteroatoms. The van der Waals surface area contributed by atoms with Crippen LogP contribution in [-0.2, 0) is 16.3 Å². The summed E-state index contributed by atoms with van der Waals surface area (Å²) in [6, 6.07) is 9.14. The zero-order valence-corrected chi connectivity index (χ0v) is 19.6. The number of hydrogen-bond acceptors (Lipinski definition) is 8. The third kappa shape index (κ3) is 4.46. The Hall–Kier alpha value is -3.86. The molecule has 2 N–H and O–H groups in total. The van der Waals surface area contributed by atoms with Crippen LogP contribution >= 0.6 is 0 Å². The maximum atomic E-state index is 13.4. The van der Waals surface area contributed by atoms with Crippen molar-refractivity contribution in [2.24, 2.45) is 0 Å². The number of hydrogen-bond donors (Lipinski definition) is 2. The van der Waals surface area contributed by atoms with Crippen LogP contribution in [0, 0.1) is 0 Å². The quantitative estimate of drug-likeness (QED) is 0.464. The smallest absolute Gasteiger partial charge is 0.335 e. The number of benzene rings is 2. The number of carboxylic acids is 1. The molecule has 0 aliphatic heterocycles. The van der Waals surface area contributed by atoms with Gasteiger partial charge in [-0.15, -0.1) is 0 Å². The van der Waals surface area contributed by atoms with Gasteiger partial charge in [0.25, 0.3) is 5.56 Å². The molecule has 1 aromatic heterocycles. The van der Waals surface area contributed by atoms with E-state index in [1.165, 1.54) is 14.2 Å². The van der Waals surface area contributed by atoms with Gasteiger partial charge in [0.05, 0.1) is 24.7 Å². The molecule has 0 saturated carbocycles. The molecule has 180 valence electrons.